The molecule has 1 N–H and O–H groups in total. The average molecular weight is 399 g/mol. The summed E-state index contributed by atoms with van der Waals surface area (Å²) in [6.07, 6.45) is 3.21. The van der Waals surface area contributed by atoms with Gasteiger partial charge in [0, 0.05) is 42.8 Å². The minimum Gasteiger partial charge on any atom is -0.451 e. The topological polar surface area (TPSA) is 65.8 Å². The van der Waals surface area contributed by atoms with Crippen LogP contribution in [0.25, 0.3) is 11.3 Å². The number of hydrogen-bond acceptors (Lipinski definition) is 4. The predicted octanol–water partition coefficient (Wildman–Crippen LogP) is 3.14. The number of amides is 2. The number of carbonyl (C=O) groups is 2. The van der Waals surface area contributed by atoms with Gasteiger partial charge in [-0.2, -0.15) is 0 Å². The van der Waals surface area contributed by atoms with Gasteiger partial charge in [-0.05, 0) is 63.6 Å². The Kier molecular flexibility index (Phi) is 5.41. The molecule has 2 aromatic rings. The largest absolute Gasteiger partial charge is 0.451 e. The van der Waals surface area contributed by atoms with Crippen molar-refractivity contribution in [2.75, 3.05) is 26.7 Å². The first-order chi connectivity index (χ1) is 14.0. The smallest absolute Gasteiger partial charge is 0.287 e. The number of likely N-dealkylation sites (N-methyl/N-ethyl adjacent to an activating group) is 1. The lowest BCUT2D eigenvalue weighted by atomic mass is 10.0. The van der Waals surface area contributed by atoms with Gasteiger partial charge in [0.15, 0.2) is 5.76 Å². The highest BCUT2D eigenvalue weighted by atomic mass is 19.1. The lowest BCUT2D eigenvalue weighted by Crippen LogP contribution is -2.39. The number of nitrogens with zero attached hydrogens (tertiary/aromatic N) is 2. The van der Waals surface area contributed by atoms with Crippen molar-refractivity contribution in [3.05, 3.63) is 47.5 Å². The Morgan fingerprint density at radius 3 is 2.76 bits per heavy atom. The lowest BCUT2D eigenvalue weighted by Gasteiger charge is -2.26. The summed E-state index contributed by atoms with van der Waals surface area (Å²) in [5.41, 5.74) is 0.744. The van der Waals surface area contributed by atoms with E-state index in [0.29, 0.717) is 48.6 Å². The van der Waals surface area contributed by atoms with Crippen molar-refractivity contribution < 1.29 is 18.4 Å². The summed E-state index contributed by atoms with van der Waals surface area (Å²) in [5, 5.41) is 2.66. The Hall–Kier alpha value is -2.67. The SMILES string of the molecule is CCNC(=O)c1ccc(-c2cc(F)cc(C(=O)N3CC[C@@H]4CC[C@H](C3)N4C)c2)o1. The molecule has 1 aromatic heterocycles. The fourth-order valence-corrected chi connectivity index (χ4v) is 4.39. The lowest BCUT2D eigenvalue weighted by molar-refractivity contribution is 0.0739. The van der Waals surface area contributed by atoms with Crippen LogP contribution in [0.3, 0.4) is 0 Å². The first-order valence-corrected chi connectivity index (χ1v) is 10.2. The van der Waals surface area contributed by atoms with Gasteiger partial charge in [-0.3, -0.25) is 14.5 Å². The molecule has 3 heterocycles. The number of nitrogens with one attached hydrogen (secondary N) is 1. The van der Waals surface area contributed by atoms with Gasteiger partial charge in [0.1, 0.15) is 11.6 Å². The standard InChI is InChI=1S/C22H26FN3O3/c1-3-24-21(27)20-7-6-19(29-20)14-10-15(12-16(23)11-14)22(28)26-9-8-17-4-5-18(13-26)25(17)2/h6-7,10-12,17-18H,3-5,8-9,13H2,1-2H3,(H,24,27)/t17-,18+/m0/s1. The van der Waals surface area contributed by atoms with E-state index >= 15 is 0 Å². The van der Waals surface area contributed by atoms with Crippen LogP contribution in [0, 0.1) is 5.82 Å². The molecule has 0 spiro atoms. The normalized spacial score (nSPS) is 21.8. The van der Waals surface area contributed by atoms with Gasteiger partial charge in [0.2, 0.25) is 0 Å². The Bertz CT molecular complexity index is 926. The third-order valence-corrected chi connectivity index (χ3v) is 6.03. The molecule has 2 aliphatic rings. The maximum Gasteiger partial charge on any atom is 0.287 e. The molecule has 154 valence electrons. The van der Waals surface area contributed by atoms with Crippen LogP contribution in [0.4, 0.5) is 4.39 Å². The molecule has 0 radical (unpaired) electrons. The summed E-state index contributed by atoms with van der Waals surface area (Å²) in [7, 11) is 2.12. The molecular weight excluding hydrogens is 373 g/mol. The highest BCUT2D eigenvalue weighted by Crippen LogP contribution is 2.30. The van der Waals surface area contributed by atoms with Crippen LogP contribution in [0.15, 0.2) is 34.7 Å². The van der Waals surface area contributed by atoms with E-state index in [4.69, 9.17) is 4.42 Å². The van der Waals surface area contributed by atoms with Gasteiger partial charge >= 0.3 is 0 Å². The van der Waals surface area contributed by atoms with Gasteiger partial charge in [0.05, 0.1) is 0 Å². The molecule has 1 aromatic carbocycles. The van der Waals surface area contributed by atoms with E-state index in [1.165, 1.54) is 18.6 Å². The van der Waals surface area contributed by atoms with E-state index < -0.39 is 5.82 Å². The predicted molar refractivity (Wildman–Crippen MR) is 107 cm³/mol. The van der Waals surface area contributed by atoms with Crippen molar-refractivity contribution >= 4 is 11.8 Å². The maximum atomic E-state index is 14.3. The number of furan rings is 1. The van der Waals surface area contributed by atoms with Crippen LogP contribution in [0.1, 0.15) is 47.1 Å². The molecule has 2 saturated heterocycles. The highest BCUT2D eigenvalue weighted by Gasteiger charge is 2.36. The van der Waals surface area contributed by atoms with Crippen LogP contribution in [0.5, 0.6) is 0 Å². The molecular formula is C22H26FN3O3. The fraction of sp³-hybridized carbons (Fsp3) is 0.455. The van der Waals surface area contributed by atoms with Crippen LogP contribution in [-0.2, 0) is 0 Å². The number of carbonyl (C=O) groups excluding carboxylic acids is 2. The van der Waals surface area contributed by atoms with Gasteiger partial charge < -0.3 is 14.6 Å². The summed E-state index contributed by atoms with van der Waals surface area (Å²) in [6, 6.07) is 8.28. The molecule has 0 aliphatic carbocycles. The van der Waals surface area contributed by atoms with E-state index in [1.807, 2.05) is 11.8 Å². The summed E-state index contributed by atoms with van der Waals surface area (Å²) >= 11 is 0. The van der Waals surface area contributed by atoms with Crippen molar-refractivity contribution in [2.24, 2.45) is 0 Å². The zero-order valence-electron chi connectivity index (χ0n) is 16.8. The molecule has 6 nitrogen and oxygen atoms in total. The second-order valence-corrected chi connectivity index (χ2v) is 7.84. The summed E-state index contributed by atoms with van der Waals surface area (Å²) in [6.45, 7) is 3.65. The molecule has 2 amide bonds. The molecule has 2 bridgehead atoms. The average Bonchev–Trinajstić information content (AvgIpc) is 3.26. The molecule has 2 aliphatic heterocycles. The first kappa shape index (κ1) is 19.6. The van der Waals surface area contributed by atoms with Crippen LogP contribution in [-0.4, -0.2) is 60.4 Å². The van der Waals surface area contributed by atoms with E-state index in [1.54, 1.807) is 18.2 Å². The van der Waals surface area contributed by atoms with Crippen LogP contribution >= 0.6 is 0 Å². The molecule has 2 atom stereocenters. The van der Waals surface area contributed by atoms with Crippen molar-refractivity contribution in [3.8, 4) is 11.3 Å². The van der Waals surface area contributed by atoms with Gasteiger partial charge in [-0.1, -0.05) is 0 Å². The van der Waals surface area contributed by atoms with Crippen LogP contribution in [0.2, 0.25) is 0 Å². The Labute approximate surface area is 169 Å². The van der Waals surface area contributed by atoms with Crippen molar-refractivity contribution in [1.29, 1.82) is 0 Å². The van der Waals surface area contributed by atoms with Gasteiger partial charge in [0.25, 0.3) is 11.8 Å². The number of likely N-dealkylation sites (tertiary alicyclic amines) is 1. The molecule has 2 fully saturated rings. The summed E-state index contributed by atoms with van der Waals surface area (Å²) in [4.78, 5) is 29.2. The molecule has 4 rings (SSSR count). The Balaban J connectivity index is 1.57. The van der Waals surface area contributed by atoms with Gasteiger partial charge in [-0.25, -0.2) is 4.39 Å². The van der Waals surface area contributed by atoms with Crippen LogP contribution < -0.4 is 5.32 Å². The third-order valence-electron chi connectivity index (χ3n) is 6.03. The first-order valence-electron chi connectivity index (χ1n) is 10.2. The zero-order valence-corrected chi connectivity index (χ0v) is 16.8. The molecule has 0 saturated carbocycles. The monoisotopic (exact) mass is 399 g/mol. The molecule has 29 heavy (non-hydrogen) atoms. The number of rotatable bonds is 4. The second-order valence-electron chi connectivity index (χ2n) is 7.84. The van der Waals surface area contributed by atoms with Crippen molar-refractivity contribution in [2.45, 2.75) is 38.3 Å². The second kappa shape index (κ2) is 7.99. The summed E-state index contributed by atoms with van der Waals surface area (Å²) in [5.74, 6) is -0.479. The Morgan fingerprint density at radius 2 is 1.97 bits per heavy atom. The van der Waals surface area contributed by atoms with E-state index in [9.17, 15) is 14.0 Å². The van der Waals surface area contributed by atoms with Crippen molar-refractivity contribution in [1.82, 2.24) is 15.1 Å². The van der Waals surface area contributed by atoms with Crippen molar-refractivity contribution in [3.63, 3.8) is 0 Å². The number of fused-ring (bicyclic) bond motifs is 2. The summed E-state index contributed by atoms with van der Waals surface area (Å²) < 4.78 is 19.9. The van der Waals surface area contributed by atoms with Gasteiger partial charge in [-0.15, -0.1) is 0 Å². The van der Waals surface area contributed by atoms with E-state index in [0.717, 1.165) is 12.8 Å². The van der Waals surface area contributed by atoms with E-state index in [2.05, 4.69) is 17.3 Å². The molecule has 7 heteroatoms. The highest BCUT2D eigenvalue weighted by molar-refractivity contribution is 5.96. The van der Waals surface area contributed by atoms with E-state index in [-0.39, 0.29) is 17.6 Å². The Morgan fingerprint density at radius 1 is 1.17 bits per heavy atom. The number of benzene rings is 1. The zero-order chi connectivity index (χ0) is 20.5. The number of hydrogen-bond donors (Lipinski definition) is 1. The maximum absolute atomic E-state index is 14.3. The minimum absolute atomic E-state index is 0.158. The fourth-order valence-electron chi connectivity index (χ4n) is 4.39. The minimum atomic E-state index is -0.504. The number of halogens is 1. The molecule has 0 unspecified atom stereocenters. The quantitative estimate of drug-likeness (QED) is 0.858. The third kappa shape index (κ3) is 3.92.